The van der Waals surface area contributed by atoms with Crippen molar-refractivity contribution < 1.29 is 4.74 Å². The Morgan fingerprint density at radius 3 is 2.95 bits per heavy atom. The Morgan fingerprint density at radius 2 is 2.21 bits per heavy atom. The highest BCUT2D eigenvalue weighted by atomic mass is 16.5. The fourth-order valence-corrected chi connectivity index (χ4v) is 2.78. The lowest BCUT2D eigenvalue weighted by Gasteiger charge is -2.25. The normalized spacial score (nSPS) is 19.6. The highest BCUT2D eigenvalue weighted by Gasteiger charge is 2.14. The first-order valence-electron chi connectivity index (χ1n) is 7.30. The molecular formula is C16H26N2O. The number of hydrogen-bond donors (Lipinski definition) is 1. The fraction of sp³-hybridized carbons (Fsp3) is 0.625. The largest absolute Gasteiger partial charge is 0.496 e. The van der Waals surface area contributed by atoms with Crippen LogP contribution in [0.15, 0.2) is 24.3 Å². The number of para-hydroxylation sites is 1. The molecule has 1 atom stereocenters. The third kappa shape index (κ3) is 4.51. The molecule has 0 radical (unpaired) electrons. The van der Waals surface area contributed by atoms with Crippen LogP contribution >= 0.6 is 0 Å². The lowest BCUT2D eigenvalue weighted by Crippen LogP contribution is -2.32. The SMILES string of the molecule is COc1ccccc1CN(C)CCC1CCCNC1. The van der Waals surface area contributed by atoms with Gasteiger partial charge in [-0.25, -0.2) is 0 Å². The second-order valence-electron chi connectivity index (χ2n) is 5.55. The van der Waals surface area contributed by atoms with Gasteiger partial charge in [-0.05, 0) is 57.9 Å². The van der Waals surface area contributed by atoms with Crippen LogP contribution in [0.4, 0.5) is 0 Å². The molecule has 3 heteroatoms. The Morgan fingerprint density at radius 1 is 1.37 bits per heavy atom. The molecule has 1 unspecified atom stereocenters. The fourth-order valence-electron chi connectivity index (χ4n) is 2.78. The molecule has 2 rings (SSSR count). The monoisotopic (exact) mass is 262 g/mol. The first-order chi connectivity index (χ1) is 9.29. The van der Waals surface area contributed by atoms with E-state index < -0.39 is 0 Å². The molecule has 19 heavy (non-hydrogen) atoms. The maximum absolute atomic E-state index is 5.40. The summed E-state index contributed by atoms with van der Waals surface area (Å²) in [4.78, 5) is 2.40. The molecule has 0 amide bonds. The van der Waals surface area contributed by atoms with Crippen LogP contribution in [0.1, 0.15) is 24.8 Å². The number of nitrogens with one attached hydrogen (secondary N) is 1. The van der Waals surface area contributed by atoms with Gasteiger partial charge in [0.25, 0.3) is 0 Å². The van der Waals surface area contributed by atoms with E-state index in [4.69, 9.17) is 4.74 Å². The van der Waals surface area contributed by atoms with Crippen molar-refractivity contribution in [2.75, 3.05) is 33.8 Å². The molecule has 1 aromatic carbocycles. The van der Waals surface area contributed by atoms with E-state index in [1.165, 1.54) is 37.9 Å². The van der Waals surface area contributed by atoms with Gasteiger partial charge >= 0.3 is 0 Å². The predicted octanol–water partition coefficient (Wildman–Crippen LogP) is 2.52. The summed E-state index contributed by atoms with van der Waals surface area (Å²) >= 11 is 0. The average molecular weight is 262 g/mol. The van der Waals surface area contributed by atoms with Crippen molar-refractivity contribution in [3.05, 3.63) is 29.8 Å². The van der Waals surface area contributed by atoms with Crippen LogP contribution in [0.3, 0.4) is 0 Å². The van der Waals surface area contributed by atoms with Gasteiger partial charge in [0.15, 0.2) is 0 Å². The molecule has 0 aromatic heterocycles. The second-order valence-corrected chi connectivity index (χ2v) is 5.55. The highest BCUT2D eigenvalue weighted by Crippen LogP contribution is 2.20. The van der Waals surface area contributed by atoms with Crippen LogP contribution in [0.25, 0.3) is 0 Å². The van der Waals surface area contributed by atoms with Crippen molar-refractivity contribution in [1.82, 2.24) is 10.2 Å². The zero-order chi connectivity index (χ0) is 13.5. The third-order valence-electron chi connectivity index (χ3n) is 3.95. The number of nitrogens with zero attached hydrogens (tertiary/aromatic N) is 1. The van der Waals surface area contributed by atoms with Crippen LogP contribution in [-0.2, 0) is 6.54 Å². The van der Waals surface area contributed by atoms with E-state index >= 15 is 0 Å². The topological polar surface area (TPSA) is 24.5 Å². The molecule has 0 saturated carbocycles. The summed E-state index contributed by atoms with van der Waals surface area (Å²) < 4.78 is 5.40. The smallest absolute Gasteiger partial charge is 0.123 e. The Labute approximate surface area is 116 Å². The lowest BCUT2D eigenvalue weighted by molar-refractivity contribution is 0.265. The van der Waals surface area contributed by atoms with E-state index in [0.717, 1.165) is 24.8 Å². The summed E-state index contributed by atoms with van der Waals surface area (Å²) in [6, 6.07) is 8.29. The van der Waals surface area contributed by atoms with Gasteiger partial charge in [0.2, 0.25) is 0 Å². The van der Waals surface area contributed by atoms with Crippen LogP contribution in [-0.4, -0.2) is 38.7 Å². The van der Waals surface area contributed by atoms with E-state index in [1.807, 2.05) is 12.1 Å². The maximum atomic E-state index is 5.40. The molecule has 3 nitrogen and oxygen atoms in total. The van der Waals surface area contributed by atoms with Gasteiger partial charge < -0.3 is 15.0 Å². The molecule has 1 aliphatic heterocycles. The van der Waals surface area contributed by atoms with Crippen molar-refractivity contribution in [3.8, 4) is 5.75 Å². The number of methoxy groups -OCH3 is 1. The van der Waals surface area contributed by atoms with Gasteiger partial charge in [0, 0.05) is 12.1 Å². The van der Waals surface area contributed by atoms with Gasteiger partial charge in [-0.2, -0.15) is 0 Å². The molecule has 106 valence electrons. The minimum absolute atomic E-state index is 0.855. The zero-order valence-corrected chi connectivity index (χ0v) is 12.2. The van der Waals surface area contributed by atoms with Crippen molar-refractivity contribution in [2.45, 2.75) is 25.8 Å². The van der Waals surface area contributed by atoms with Crippen LogP contribution in [0.2, 0.25) is 0 Å². The minimum atomic E-state index is 0.855. The van der Waals surface area contributed by atoms with E-state index in [1.54, 1.807) is 7.11 Å². The first kappa shape index (κ1) is 14.4. The van der Waals surface area contributed by atoms with Crippen molar-refractivity contribution in [2.24, 2.45) is 5.92 Å². The van der Waals surface area contributed by atoms with Gasteiger partial charge in [0.05, 0.1) is 7.11 Å². The van der Waals surface area contributed by atoms with Gasteiger partial charge in [-0.1, -0.05) is 18.2 Å². The summed E-state index contributed by atoms with van der Waals surface area (Å²) in [6.07, 6.45) is 4.01. The number of hydrogen-bond acceptors (Lipinski definition) is 3. The number of rotatable bonds is 6. The van der Waals surface area contributed by atoms with E-state index in [2.05, 4.69) is 29.4 Å². The van der Waals surface area contributed by atoms with Gasteiger partial charge in [0.1, 0.15) is 5.75 Å². The Hall–Kier alpha value is -1.06. The second kappa shape index (κ2) is 7.51. The van der Waals surface area contributed by atoms with Crippen LogP contribution in [0.5, 0.6) is 5.75 Å². The molecule has 1 heterocycles. The predicted molar refractivity (Wildman–Crippen MR) is 79.5 cm³/mol. The summed E-state index contributed by atoms with van der Waals surface area (Å²) in [6.45, 7) is 4.52. The summed E-state index contributed by atoms with van der Waals surface area (Å²) in [5.41, 5.74) is 1.27. The lowest BCUT2D eigenvalue weighted by atomic mass is 9.96. The molecule has 1 aliphatic rings. The van der Waals surface area contributed by atoms with Crippen LogP contribution in [0, 0.1) is 5.92 Å². The molecule has 0 bridgehead atoms. The van der Waals surface area contributed by atoms with Crippen molar-refractivity contribution in [3.63, 3.8) is 0 Å². The van der Waals surface area contributed by atoms with Gasteiger partial charge in [-0.15, -0.1) is 0 Å². The maximum Gasteiger partial charge on any atom is 0.123 e. The standard InChI is InChI=1S/C16H26N2O/c1-18(11-9-14-6-5-10-17-12-14)13-15-7-3-4-8-16(15)19-2/h3-4,7-8,14,17H,5-6,9-13H2,1-2H3. The minimum Gasteiger partial charge on any atom is -0.496 e. The quantitative estimate of drug-likeness (QED) is 0.852. The third-order valence-corrected chi connectivity index (χ3v) is 3.95. The summed E-state index contributed by atoms with van der Waals surface area (Å²) in [5.74, 6) is 1.85. The molecule has 1 N–H and O–H groups in total. The molecule has 0 aliphatic carbocycles. The van der Waals surface area contributed by atoms with Gasteiger partial charge in [-0.3, -0.25) is 0 Å². The highest BCUT2D eigenvalue weighted by molar-refractivity contribution is 5.32. The number of piperidine rings is 1. The molecule has 1 fully saturated rings. The summed E-state index contributed by atoms with van der Waals surface area (Å²) in [7, 11) is 3.94. The Kier molecular flexibility index (Phi) is 5.67. The Balaban J connectivity index is 1.78. The summed E-state index contributed by atoms with van der Waals surface area (Å²) in [5, 5.41) is 3.49. The van der Waals surface area contributed by atoms with Crippen molar-refractivity contribution >= 4 is 0 Å². The number of benzene rings is 1. The zero-order valence-electron chi connectivity index (χ0n) is 12.2. The van der Waals surface area contributed by atoms with E-state index in [-0.39, 0.29) is 0 Å². The molecule has 0 spiro atoms. The van der Waals surface area contributed by atoms with Crippen LogP contribution < -0.4 is 10.1 Å². The average Bonchev–Trinajstić information content (AvgIpc) is 2.47. The molecule has 1 aromatic rings. The number of ether oxygens (including phenoxy) is 1. The van der Waals surface area contributed by atoms with E-state index in [0.29, 0.717) is 0 Å². The van der Waals surface area contributed by atoms with E-state index in [9.17, 15) is 0 Å². The van der Waals surface area contributed by atoms with Crippen molar-refractivity contribution in [1.29, 1.82) is 0 Å². The first-order valence-corrected chi connectivity index (χ1v) is 7.30. The molecule has 1 saturated heterocycles. The molecular weight excluding hydrogens is 236 g/mol. The Bertz CT molecular complexity index is 375.